The third-order valence-corrected chi connectivity index (χ3v) is 15.8. The average molecular weight is 890 g/mol. The second kappa shape index (κ2) is 17.0. The number of pyridine rings is 1. The molecule has 4 aliphatic heterocycles. The van der Waals surface area contributed by atoms with E-state index in [2.05, 4.69) is 67.9 Å². The van der Waals surface area contributed by atoms with Crippen molar-refractivity contribution in [3.63, 3.8) is 0 Å². The summed E-state index contributed by atoms with van der Waals surface area (Å²) in [5.74, 6) is 0.264. The van der Waals surface area contributed by atoms with Crippen LogP contribution >= 0.6 is 0 Å². The summed E-state index contributed by atoms with van der Waals surface area (Å²) in [6, 6.07) is 20.9. The number of H-pyrrole nitrogens is 1. The van der Waals surface area contributed by atoms with Crippen LogP contribution in [0.2, 0.25) is 0 Å². The summed E-state index contributed by atoms with van der Waals surface area (Å²) in [4.78, 5) is 37.9. The lowest BCUT2D eigenvalue weighted by molar-refractivity contribution is -0.384. The molecule has 0 radical (unpaired) electrons. The third-order valence-electron chi connectivity index (χ3n) is 14.5. The smallest absolute Gasteiger partial charge is 0.297 e. The molecular weight excluding hydrogens is 835 g/mol. The number of nitrogens with one attached hydrogen (secondary N) is 3. The van der Waals surface area contributed by atoms with Gasteiger partial charge in [0.2, 0.25) is 0 Å². The molecule has 1 aliphatic carbocycles. The first-order valence-corrected chi connectivity index (χ1v) is 24.1. The topological polar surface area (TPSA) is 181 Å². The Hall–Kier alpha value is -5.71. The van der Waals surface area contributed by atoms with Gasteiger partial charge in [-0.25, -0.2) is 18.1 Å². The number of ether oxygens (including phenoxy) is 3. The van der Waals surface area contributed by atoms with E-state index in [0.717, 1.165) is 62.5 Å². The molecule has 15 nitrogen and oxygen atoms in total. The predicted octanol–water partition coefficient (Wildman–Crippen LogP) is 8.69. The largest absolute Gasteiger partial charge is 0.489 e. The Morgan fingerprint density at radius 1 is 1.02 bits per heavy atom. The molecule has 3 N–H and O–H groups in total. The Labute approximate surface area is 373 Å². The third kappa shape index (κ3) is 8.15. The summed E-state index contributed by atoms with van der Waals surface area (Å²) in [6.45, 7) is 8.80. The fourth-order valence-electron chi connectivity index (χ4n) is 11.0. The molecule has 1 spiro atoms. The van der Waals surface area contributed by atoms with E-state index in [9.17, 15) is 23.3 Å². The number of nitro benzene ring substituents is 1. The number of hydrogen-bond donors (Lipinski definition) is 3. The first kappa shape index (κ1) is 42.3. The highest BCUT2D eigenvalue weighted by Crippen LogP contribution is 2.54. The molecule has 10 rings (SSSR count). The molecule has 0 bridgehead atoms. The summed E-state index contributed by atoms with van der Waals surface area (Å²) in [7, 11) is -4.63. The van der Waals surface area contributed by atoms with Crippen LogP contribution in [-0.2, 0) is 14.8 Å². The maximum absolute atomic E-state index is 14.1. The van der Waals surface area contributed by atoms with Crippen molar-refractivity contribution in [2.45, 2.75) is 94.2 Å². The van der Waals surface area contributed by atoms with Gasteiger partial charge in [0.1, 0.15) is 23.8 Å². The number of benzene rings is 3. The Kier molecular flexibility index (Phi) is 11.2. The summed E-state index contributed by atoms with van der Waals surface area (Å²) in [5.41, 5.74) is 4.41. The van der Waals surface area contributed by atoms with Gasteiger partial charge in [-0.05, 0) is 111 Å². The van der Waals surface area contributed by atoms with Crippen molar-refractivity contribution in [2.75, 3.05) is 49.7 Å². The molecule has 6 heterocycles. The summed E-state index contributed by atoms with van der Waals surface area (Å²) in [6.07, 6.45) is 11.8. The van der Waals surface area contributed by atoms with Crippen LogP contribution in [0, 0.1) is 21.4 Å². The van der Waals surface area contributed by atoms with Crippen molar-refractivity contribution in [3.05, 3.63) is 106 Å². The number of likely N-dealkylation sites (tertiary alicyclic amines) is 1. The number of fused-ring (bicyclic) bond motifs is 2. The highest BCUT2D eigenvalue weighted by Gasteiger charge is 2.50. The van der Waals surface area contributed by atoms with Crippen LogP contribution in [0.5, 0.6) is 17.2 Å². The number of sulfonamides is 1. The molecule has 336 valence electrons. The zero-order chi connectivity index (χ0) is 44.2. The Morgan fingerprint density at radius 3 is 2.59 bits per heavy atom. The summed E-state index contributed by atoms with van der Waals surface area (Å²) in [5, 5.41) is 16.4. The van der Waals surface area contributed by atoms with Gasteiger partial charge < -0.3 is 29.4 Å². The number of aromatic amines is 1. The number of carbonyl (C=O) groups is 1. The van der Waals surface area contributed by atoms with Gasteiger partial charge in [-0.3, -0.25) is 19.8 Å². The van der Waals surface area contributed by atoms with Gasteiger partial charge in [-0.15, -0.1) is 0 Å². The van der Waals surface area contributed by atoms with Crippen LogP contribution in [0.4, 0.5) is 17.1 Å². The van der Waals surface area contributed by atoms with E-state index >= 15 is 0 Å². The SMILES string of the molecule is CC(C)c1ccccc1C1CCCN1C1CC2(CCN(c3ccc(C(=O)NS(=O)(=O)c4cc5c(c([N+](=O)[O-])c4)NC(C4CCOCC4)CO5)c(Oc4cnc5[nH]ccc5c4)c3)CC2)C1. The molecule has 16 heteroatoms. The van der Waals surface area contributed by atoms with Gasteiger partial charge in [0.15, 0.2) is 11.4 Å². The average Bonchev–Trinajstić information content (AvgIpc) is 3.98. The Balaban J connectivity index is 0.861. The van der Waals surface area contributed by atoms with Crippen molar-refractivity contribution >= 4 is 44.0 Å². The lowest BCUT2D eigenvalue weighted by atomic mass is 9.59. The molecule has 1 amide bonds. The lowest BCUT2D eigenvalue weighted by Gasteiger charge is -2.56. The van der Waals surface area contributed by atoms with E-state index in [0.29, 0.717) is 48.0 Å². The molecule has 2 atom stereocenters. The van der Waals surface area contributed by atoms with Gasteiger partial charge in [-0.1, -0.05) is 38.1 Å². The van der Waals surface area contributed by atoms with E-state index in [1.807, 2.05) is 12.1 Å². The minimum atomic E-state index is -4.63. The van der Waals surface area contributed by atoms with Crippen molar-refractivity contribution in [3.8, 4) is 17.2 Å². The Morgan fingerprint density at radius 2 is 1.81 bits per heavy atom. The number of carbonyl (C=O) groups excluding carboxylic acids is 1. The second-order valence-electron chi connectivity index (χ2n) is 18.6. The minimum absolute atomic E-state index is 0.0271. The molecule has 5 aromatic rings. The van der Waals surface area contributed by atoms with Crippen molar-refractivity contribution < 1.29 is 32.3 Å². The van der Waals surface area contributed by atoms with E-state index in [1.54, 1.807) is 30.6 Å². The van der Waals surface area contributed by atoms with Gasteiger partial charge >= 0.3 is 0 Å². The second-order valence-corrected chi connectivity index (χ2v) is 20.3. The highest BCUT2D eigenvalue weighted by atomic mass is 32.2. The maximum Gasteiger partial charge on any atom is 0.297 e. The molecule has 5 aliphatic rings. The van der Waals surface area contributed by atoms with E-state index in [4.69, 9.17) is 14.2 Å². The molecule has 3 saturated heterocycles. The number of nitrogens with zero attached hydrogens (tertiary/aromatic N) is 4. The number of rotatable bonds is 11. The van der Waals surface area contributed by atoms with Crippen LogP contribution in [0.3, 0.4) is 0 Å². The number of aromatic nitrogens is 2. The molecular formula is C48H55N7O8S. The Bertz CT molecular complexity index is 2680. The number of amides is 1. The van der Waals surface area contributed by atoms with E-state index in [1.165, 1.54) is 42.9 Å². The van der Waals surface area contributed by atoms with Crippen molar-refractivity contribution in [1.82, 2.24) is 19.6 Å². The molecule has 64 heavy (non-hydrogen) atoms. The molecule has 2 aromatic heterocycles. The lowest BCUT2D eigenvalue weighted by Crippen LogP contribution is -2.54. The van der Waals surface area contributed by atoms with Gasteiger partial charge in [0.25, 0.3) is 21.6 Å². The number of hydrogen-bond acceptors (Lipinski definition) is 12. The summed E-state index contributed by atoms with van der Waals surface area (Å²) >= 11 is 0. The van der Waals surface area contributed by atoms with E-state index in [-0.39, 0.29) is 41.3 Å². The summed E-state index contributed by atoms with van der Waals surface area (Å²) < 4.78 is 47.8. The highest BCUT2D eigenvalue weighted by molar-refractivity contribution is 7.90. The fourth-order valence-corrected chi connectivity index (χ4v) is 12.0. The van der Waals surface area contributed by atoms with Gasteiger partial charge in [0.05, 0.1) is 27.6 Å². The van der Waals surface area contributed by atoms with Crippen molar-refractivity contribution in [1.29, 1.82) is 0 Å². The van der Waals surface area contributed by atoms with Crippen LogP contribution in [0.1, 0.15) is 98.7 Å². The first-order chi connectivity index (χ1) is 30.9. The van der Waals surface area contributed by atoms with Gasteiger partial charge in [-0.2, -0.15) is 0 Å². The number of piperidine rings is 1. The fraction of sp³-hybridized carbons (Fsp3) is 0.458. The predicted molar refractivity (Wildman–Crippen MR) is 243 cm³/mol. The molecule has 1 saturated carbocycles. The standard InChI is InChI=1S/C48H55N7O8S/c1-30(2)37-6-3-4-7-38(37)41-8-5-17-54(41)34-26-48(27-34)14-18-53(19-15-48)33-9-10-39(43(23-33)63-35-22-32-11-16-49-46(32)50-28-35)47(56)52-64(59,60)36-24-42(55(57)58)45-44(25-36)62-29-40(51-45)31-12-20-61-21-13-31/h3-4,6-7,9-11,16,22-25,28,30-31,34,40-41,51H,5,8,12-15,17-21,26-27,29H2,1-2H3,(H,49,50)(H,52,56). The zero-order valence-electron chi connectivity index (χ0n) is 36.3. The molecule has 2 unspecified atom stereocenters. The number of anilines is 2. The minimum Gasteiger partial charge on any atom is -0.489 e. The van der Waals surface area contributed by atoms with E-state index < -0.39 is 31.4 Å². The van der Waals surface area contributed by atoms with Crippen molar-refractivity contribution in [2.24, 2.45) is 11.3 Å². The van der Waals surface area contributed by atoms with Crippen LogP contribution < -0.4 is 24.4 Å². The van der Waals surface area contributed by atoms with Gasteiger partial charge in [0, 0.05) is 73.9 Å². The molecule has 3 aromatic carbocycles. The monoisotopic (exact) mass is 889 g/mol. The van der Waals surface area contributed by atoms with Crippen LogP contribution in [0.25, 0.3) is 11.0 Å². The first-order valence-electron chi connectivity index (χ1n) is 22.6. The van der Waals surface area contributed by atoms with Crippen LogP contribution in [-0.4, -0.2) is 85.7 Å². The zero-order valence-corrected chi connectivity index (χ0v) is 37.1. The number of nitro groups is 1. The normalized spacial score (nSPS) is 21.6. The maximum atomic E-state index is 14.1. The van der Waals surface area contributed by atoms with Crippen LogP contribution in [0.15, 0.2) is 84.0 Å². The molecule has 4 fully saturated rings. The quantitative estimate of drug-likeness (QED) is 0.0849.